The van der Waals surface area contributed by atoms with Crippen molar-refractivity contribution in [2.24, 2.45) is 0 Å². The number of pyridine rings is 1. The maximum Gasteiger partial charge on any atom is 0.287 e. The maximum atomic E-state index is 13.1. The van der Waals surface area contributed by atoms with Crippen LogP contribution in [-0.4, -0.2) is 45.7 Å². The van der Waals surface area contributed by atoms with Crippen LogP contribution in [0.1, 0.15) is 53.4 Å². The summed E-state index contributed by atoms with van der Waals surface area (Å²) in [4.78, 5) is 32.2. The van der Waals surface area contributed by atoms with Crippen LogP contribution < -0.4 is 5.32 Å². The normalized spacial score (nSPS) is 10.8. The molecule has 3 rings (SSSR count). The van der Waals surface area contributed by atoms with E-state index in [1.165, 1.54) is 0 Å². The molecule has 152 valence electrons. The van der Waals surface area contributed by atoms with Gasteiger partial charge in [0, 0.05) is 25.8 Å². The molecule has 1 aromatic carbocycles. The van der Waals surface area contributed by atoms with Crippen LogP contribution in [0.5, 0.6) is 0 Å². The number of hydrogen-bond acceptors (Lipinski definition) is 3. The topological polar surface area (TPSA) is 66.7 Å². The van der Waals surface area contributed by atoms with Crippen molar-refractivity contribution in [1.82, 2.24) is 19.6 Å². The Balaban J connectivity index is 1.81. The average molecular weight is 393 g/mol. The highest BCUT2D eigenvalue weighted by molar-refractivity contribution is 6.02. The number of fused-ring (bicyclic) bond motifs is 1. The molecule has 0 bridgehead atoms. The van der Waals surface area contributed by atoms with Gasteiger partial charge in [-0.2, -0.15) is 0 Å². The van der Waals surface area contributed by atoms with Crippen LogP contribution in [0.15, 0.2) is 54.7 Å². The van der Waals surface area contributed by atoms with Crippen molar-refractivity contribution in [3.8, 4) is 0 Å². The first-order valence-corrected chi connectivity index (χ1v) is 10.2. The standard InChI is InChI=1S/C23H28N4O2/c1-3-15-26(16-4-2)23(29)20-19-12-8-9-17-27(19)21(25-20)22(28)24-14-13-18-10-6-5-7-11-18/h5-12,17H,3-4,13-16H2,1-2H3,(H,24,28). The van der Waals surface area contributed by atoms with Crippen LogP contribution in [0.3, 0.4) is 0 Å². The molecule has 0 saturated heterocycles. The molecule has 29 heavy (non-hydrogen) atoms. The third-order valence-corrected chi connectivity index (χ3v) is 4.77. The lowest BCUT2D eigenvalue weighted by atomic mass is 10.1. The summed E-state index contributed by atoms with van der Waals surface area (Å²) in [5, 5.41) is 2.92. The largest absolute Gasteiger partial charge is 0.349 e. The molecule has 3 aromatic rings. The highest BCUT2D eigenvalue weighted by atomic mass is 16.2. The number of amides is 2. The van der Waals surface area contributed by atoms with Crippen LogP contribution in [-0.2, 0) is 6.42 Å². The molecule has 0 radical (unpaired) electrons. The Hall–Kier alpha value is -3.15. The van der Waals surface area contributed by atoms with E-state index in [0.717, 1.165) is 24.8 Å². The van der Waals surface area contributed by atoms with Crippen LogP contribution in [0.25, 0.3) is 5.52 Å². The van der Waals surface area contributed by atoms with E-state index in [4.69, 9.17) is 0 Å². The van der Waals surface area contributed by atoms with Gasteiger partial charge in [-0.3, -0.25) is 14.0 Å². The minimum absolute atomic E-state index is 0.124. The summed E-state index contributed by atoms with van der Waals surface area (Å²) in [5.74, 6) is -0.163. The van der Waals surface area contributed by atoms with Crippen LogP contribution in [0.2, 0.25) is 0 Å². The third-order valence-electron chi connectivity index (χ3n) is 4.77. The predicted octanol–water partition coefficient (Wildman–Crippen LogP) is 3.57. The van der Waals surface area contributed by atoms with E-state index in [9.17, 15) is 9.59 Å². The monoisotopic (exact) mass is 392 g/mol. The van der Waals surface area contributed by atoms with E-state index in [0.29, 0.717) is 30.8 Å². The van der Waals surface area contributed by atoms with Gasteiger partial charge < -0.3 is 10.2 Å². The van der Waals surface area contributed by atoms with Crippen LogP contribution >= 0.6 is 0 Å². The Morgan fingerprint density at radius 3 is 2.38 bits per heavy atom. The van der Waals surface area contributed by atoms with E-state index >= 15 is 0 Å². The smallest absolute Gasteiger partial charge is 0.287 e. The minimum Gasteiger partial charge on any atom is -0.349 e. The molecule has 6 nitrogen and oxygen atoms in total. The number of nitrogens with zero attached hydrogens (tertiary/aromatic N) is 3. The van der Waals surface area contributed by atoms with Crippen molar-refractivity contribution in [2.75, 3.05) is 19.6 Å². The number of benzene rings is 1. The first-order chi connectivity index (χ1) is 14.2. The molecule has 0 aliphatic rings. The fraction of sp³-hybridized carbons (Fsp3) is 0.348. The molecular formula is C23H28N4O2. The minimum atomic E-state index is -0.279. The Bertz CT molecular complexity index is 959. The molecule has 0 aliphatic heterocycles. The molecular weight excluding hydrogens is 364 g/mol. The summed E-state index contributed by atoms with van der Waals surface area (Å²) in [6, 6.07) is 15.5. The van der Waals surface area contributed by atoms with Gasteiger partial charge in [0.1, 0.15) is 0 Å². The number of carbonyl (C=O) groups is 2. The lowest BCUT2D eigenvalue weighted by molar-refractivity contribution is 0.0752. The van der Waals surface area contributed by atoms with Gasteiger partial charge in [0.25, 0.3) is 11.8 Å². The summed E-state index contributed by atoms with van der Waals surface area (Å²) < 4.78 is 1.70. The Labute approximate surface area is 171 Å². The molecule has 0 saturated carbocycles. The van der Waals surface area contributed by atoms with Crippen molar-refractivity contribution in [1.29, 1.82) is 0 Å². The zero-order valence-electron chi connectivity index (χ0n) is 17.1. The van der Waals surface area contributed by atoms with Crippen LogP contribution in [0.4, 0.5) is 0 Å². The van der Waals surface area contributed by atoms with Crippen molar-refractivity contribution in [3.63, 3.8) is 0 Å². The highest BCUT2D eigenvalue weighted by Gasteiger charge is 2.24. The van der Waals surface area contributed by atoms with E-state index in [1.54, 1.807) is 10.6 Å². The number of aromatic nitrogens is 2. The second-order valence-electron chi connectivity index (χ2n) is 7.02. The maximum absolute atomic E-state index is 13.1. The first-order valence-electron chi connectivity index (χ1n) is 10.2. The first kappa shape index (κ1) is 20.6. The van der Waals surface area contributed by atoms with E-state index < -0.39 is 0 Å². The summed E-state index contributed by atoms with van der Waals surface area (Å²) in [6.07, 6.45) is 4.27. The number of hydrogen-bond donors (Lipinski definition) is 1. The van der Waals surface area contributed by atoms with E-state index in [2.05, 4.69) is 10.3 Å². The Kier molecular flexibility index (Phi) is 7.00. The summed E-state index contributed by atoms with van der Waals surface area (Å²) in [5.41, 5.74) is 2.15. The third kappa shape index (κ3) is 4.83. The molecule has 6 heteroatoms. The van der Waals surface area contributed by atoms with E-state index in [1.807, 2.05) is 67.3 Å². The molecule has 2 amide bonds. The van der Waals surface area contributed by atoms with Gasteiger partial charge in [0.2, 0.25) is 5.82 Å². The number of rotatable bonds is 9. The second kappa shape index (κ2) is 9.87. The zero-order valence-corrected chi connectivity index (χ0v) is 17.1. The average Bonchev–Trinajstić information content (AvgIpc) is 3.14. The summed E-state index contributed by atoms with van der Waals surface area (Å²) in [7, 11) is 0. The predicted molar refractivity (Wildman–Crippen MR) is 114 cm³/mol. The van der Waals surface area contributed by atoms with Gasteiger partial charge in [-0.1, -0.05) is 50.2 Å². The van der Waals surface area contributed by atoms with Gasteiger partial charge in [-0.15, -0.1) is 0 Å². The van der Waals surface area contributed by atoms with Gasteiger partial charge >= 0.3 is 0 Å². The summed E-state index contributed by atoms with van der Waals surface area (Å²) >= 11 is 0. The lowest BCUT2D eigenvalue weighted by Gasteiger charge is -2.20. The Morgan fingerprint density at radius 1 is 1.00 bits per heavy atom. The van der Waals surface area contributed by atoms with Gasteiger partial charge in [-0.25, -0.2) is 4.98 Å². The second-order valence-corrected chi connectivity index (χ2v) is 7.02. The fourth-order valence-electron chi connectivity index (χ4n) is 3.40. The molecule has 0 fully saturated rings. The van der Waals surface area contributed by atoms with E-state index in [-0.39, 0.29) is 17.6 Å². The number of carbonyl (C=O) groups excluding carboxylic acids is 2. The molecule has 2 aromatic heterocycles. The van der Waals surface area contributed by atoms with Gasteiger partial charge in [-0.05, 0) is 37.0 Å². The van der Waals surface area contributed by atoms with Gasteiger partial charge in [0.05, 0.1) is 5.52 Å². The zero-order chi connectivity index (χ0) is 20.6. The number of nitrogens with one attached hydrogen (secondary N) is 1. The molecule has 2 heterocycles. The molecule has 0 unspecified atom stereocenters. The molecule has 1 N–H and O–H groups in total. The quantitative estimate of drug-likeness (QED) is 0.605. The Morgan fingerprint density at radius 2 is 1.69 bits per heavy atom. The molecule has 0 atom stereocenters. The van der Waals surface area contributed by atoms with Crippen LogP contribution in [0, 0.1) is 0 Å². The lowest BCUT2D eigenvalue weighted by Crippen LogP contribution is -2.33. The van der Waals surface area contributed by atoms with Crippen molar-refractivity contribution < 1.29 is 9.59 Å². The molecule has 0 aliphatic carbocycles. The van der Waals surface area contributed by atoms with Crippen molar-refractivity contribution >= 4 is 17.3 Å². The van der Waals surface area contributed by atoms with Crippen molar-refractivity contribution in [2.45, 2.75) is 33.1 Å². The fourth-order valence-corrected chi connectivity index (χ4v) is 3.40. The van der Waals surface area contributed by atoms with Gasteiger partial charge in [0.15, 0.2) is 5.69 Å². The SMILES string of the molecule is CCCN(CCC)C(=O)c1nc(C(=O)NCCc2ccccc2)n2ccccc12. The number of imidazole rings is 1. The highest BCUT2D eigenvalue weighted by Crippen LogP contribution is 2.16. The summed E-state index contributed by atoms with van der Waals surface area (Å²) in [6.45, 7) is 5.96. The molecule has 0 spiro atoms. The van der Waals surface area contributed by atoms with Crippen molar-refractivity contribution in [3.05, 3.63) is 71.8 Å².